The van der Waals surface area contributed by atoms with Crippen LogP contribution in [0.1, 0.15) is 24.1 Å². The van der Waals surface area contributed by atoms with Crippen molar-refractivity contribution in [3.05, 3.63) is 65.9 Å². The van der Waals surface area contributed by atoms with Crippen LogP contribution in [0.2, 0.25) is 0 Å². The summed E-state index contributed by atoms with van der Waals surface area (Å²) in [6.07, 6.45) is 1.78. The van der Waals surface area contributed by atoms with E-state index in [9.17, 15) is 14.7 Å². The van der Waals surface area contributed by atoms with E-state index in [-0.39, 0.29) is 5.91 Å². The smallest absolute Gasteiger partial charge is 0.325 e. The normalized spacial score (nSPS) is 15.9. The van der Waals surface area contributed by atoms with Crippen LogP contribution in [0, 0.1) is 0 Å². The van der Waals surface area contributed by atoms with Crippen LogP contribution < -0.4 is 10.1 Å². The second-order valence-corrected chi connectivity index (χ2v) is 8.23. The van der Waals surface area contributed by atoms with Crippen LogP contribution in [-0.2, 0) is 16.2 Å². The molecule has 3 aromatic rings. The zero-order chi connectivity index (χ0) is 23.2. The largest absolute Gasteiger partial charge is 0.489 e. The number of fused-ring (bicyclic) bond motifs is 1. The van der Waals surface area contributed by atoms with Crippen molar-refractivity contribution in [2.45, 2.75) is 19.6 Å². The molecule has 1 amide bonds. The molecule has 1 aliphatic rings. The highest BCUT2D eigenvalue weighted by Crippen LogP contribution is 2.32. The van der Waals surface area contributed by atoms with Gasteiger partial charge in [-0.2, -0.15) is 0 Å². The van der Waals surface area contributed by atoms with Gasteiger partial charge in [-0.1, -0.05) is 30.3 Å². The highest BCUT2D eigenvalue weighted by Gasteiger charge is 2.32. The minimum atomic E-state index is -0.885. The van der Waals surface area contributed by atoms with Crippen molar-refractivity contribution in [1.29, 1.82) is 0 Å². The van der Waals surface area contributed by atoms with Crippen molar-refractivity contribution in [2.75, 3.05) is 39.3 Å². The Balaban J connectivity index is 1.48. The number of carboxylic acid groups (broad SMARTS) is 1. The standard InChI is InChI=1S/C25H30N4O4/c1-2-26-23(30)16-28-10-12-29(13-11-28)24(25(31)32)21-15-27-22-9-8-19(14-20(21)22)33-17-18-6-4-3-5-7-18/h3-9,14-15,24,27H,2,10-13,16-17H2,1H3,(H,26,30)(H,31,32)/t24-/m0/s1. The maximum Gasteiger partial charge on any atom is 0.325 e. The number of carboxylic acids is 1. The second kappa shape index (κ2) is 10.5. The third-order valence-corrected chi connectivity index (χ3v) is 5.98. The number of rotatable bonds is 9. The molecule has 4 rings (SSSR count). The summed E-state index contributed by atoms with van der Waals surface area (Å²) in [5.74, 6) is -0.188. The SMILES string of the molecule is CCNC(=O)CN1CCN([C@H](C(=O)O)c2c[nH]c3ccc(OCc4ccccc4)cc23)CC1. The molecule has 0 saturated carbocycles. The number of hydrogen-bond acceptors (Lipinski definition) is 5. The molecule has 2 heterocycles. The maximum atomic E-state index is 12.3. The first-order valence-corrected chi connectivity index (χ1v) is 11.3. The zero-order valence-corrected chi connectivity index (χ0v) is 18.8. The molecule has 8 nitrogen and oxygen atoms in total. The number of carbonyl (C=O) groups excluding carboxylic acids is 1. The fourth-order valence-electron chi connectivity index (χ4n) is 4.30. The Morgan fingerprint density at radius 2 is 1.88 bits per heavy atom. The van der Waals surface area contributed by atoms with E-state index < -0.39 is 12.0 Å². The molecule has 0 radical (unpaired) electrons. The monoisotopic (exact) mass is 450 g/mol. The molecule has 0 unspecified atom stereocenters. The molecule has 0 bridgehead atoms. The van der Waals surface area contributed by atoms with Gasteiger partial charge in [0.1, 0.15) is 18.4 Å². The Morgan fingerprint density at radius 3 is 2.58 bits per heavy atom. The van der Waals surface area contributed by atoms with Gasteiger partial charge in [0.25, 0.3) is 0 Å². The molecule has 0 spiro atoms. The molecular weight excluding hydrogens is 420 g/mol. The van der Waals surface area contributed by atoms with Crippen LogP contribution in [0.15, 0.2) is 54.7 Å². The van der Waals surface area contributed by atoms with Crippen molar-refractivity contribution >= 4 is 22.8 Å². The summed E-state index contributed by atoms with van der Waals surface area (Å²) in [4.78, 5) is 31.4. The Bertz CT molecular complexity index is 1090. The highest BCUT2D eigenvalue weighted by atomic mass is 16.5. The summed E-state index contributed by atoms with van der Waals surface area (Å²) >= 11 is 0. The Hall–Kier alpha value is -3.36. The molecule has 1 aliphatic heterocycles. The minimum absolute atomic E-state index is 0.000366. The molecule has 3 N–H and O–H groups in total. The number of aromatic amines is 1. The molecule has 33 heavy (non-hydrogen) atoms. The lowest BCUT2D eigenvalue weighted by Crippen LogP contribution is -2.51. The van der Waals surface area contributed by atoms with Crippen LogP contribution in [-0.4, -0.2) is 71.0 Å². The molecule has 2 aromatic carbocycles. The molecule has 1 atom stereocenters. The number of carbonyl (C=O) groups is 2. The quantitative estimate of drug-likeness (QED) is 0.464. The van der Waals surface area contributed by atoms with E-state index in [1.54, 1.807) is 6.20 Å². The first kappa shape index (κ1) is 22.8. The lowest BCUT2D eigenvalue weighted by atomic mass is 10.0. The Kier molecular flexibility index (Phi) is 7.26. The fourth-order valence-corrected chi connectivity index (χ4v) is 4.30. The third-order valence-electron chi connectivity index (χ3n) is 5.98. The molecule has 1 saturated heterocycles. The van der Waals surface area contributed by atoms with Gasteiger partial charge >= 0.3 is 5.97 Å². The van der Waals surface area contributed by atoms with Gasteiger partial charge in [-0.3, -0.25) is 19.4 Å². The van der Waals surface area contributed by atoms with Gasteiger partial charge in [0.05, 0.1) is 6.54 Å². The number of ether oxygens (including phenoxy) is 1. The summed E-state index contributed by atoms with van der Waals surface area (Å²) in [6, 6.07) is 14.9. The van der Waals surface area contributed by atoms with Gasteiger partial charge in [0, 0.05) is 55.4 Å². The van der Waals surface area contributed by atoms with Crippen molar-refractivity contribution in [3.8, 4) is 5.75 Å². The van der Waals surface area contributed by atoms with E-state index in [0.29, 0.717) is 51.6 Å². The number of benzene rings is 2. The van der Waals surface area contributed by atoms with E-state index in [2.05, 4.69) is 15.2 Å². The van der Waals surface area contributed by atoms with E-state index in [0.717, 1.165) is 22.0 Å². The third kappa shape index (κ3) is 5.53. The number of piperazine rings is 1. The average Bonchev–Trinajstić information content (AvgIpc) is 3.22. The lowest BCUT2D eigenvalue weighted by molar-refractivity contribution is -0.144. The topological polar surface area (TPSA) is 97.9 Å². The predicted octanol–water partition coefficient (Wildman–Crippen LogP) is 2.63. The van der Waals surface area contributed by atoms with E-state index in [1.165, 1.54) is 0 Å². The maximum absolute atomic E-state index is 12.3. The molecule has 8 heteroatoms. The van der Waals surface area contributed by atoms with Gasteiger partial charge in [-0.05, 0) is 30.7 Å². The summed E-state index contributed by atoms with van der Waals surface area (Å²) < 4.78 is 5.96. The Morgan fingerprint density at radius 1 is 1.12 bits per heavy atom. The number of amides is 1. The minimum Gasteiger partial charge on any atom is -0.489 e. The molecular formula is C25H30N4O4. The number of aromatic nitrogens is 1. The summed E-state index contributed by atoms with van der Waals surface area (Å²) in [5.41, 5.74) is 2.67. The van der Waals surface area contributed by atoms with Crippen LogP contribution in [0.5, 0.6) is 5.75 Å². The fraction of sp³-hybridized carbons (Fsp3) is 0.360. The molecule has 1 fully saturated rings. The summed E-state index contributed by atoms with van der Waals surface area (Å²) in [7, 11) is 0. The van der Waals surface area contributed by atoms with Gasteiger partial charge in [0.15, 0.2) is 0 Å². The van der Waals surface area contributed by atoms with Crippen molar-refractivity contribution < 1.29 is 19.4 Å². The first-order chi connectivity index (χ1) is 16.0. The van der Waals surface area contributed by atoms with Crippen molar-refractivity contribution in [1.82, 2.24) is 20.1 Å². The number of nitrogens with one attached hydrogen (secondary N) is 2. The lowest BCUT2D eigenvalue weighted by Gasteiger charge is -2.37. The van der Waals surface area contributed by atoms with Crippen molar-refractivity contribution in [3.63, 3.8) is 0 Å². The van der Waals surface area contributed by atoms with Gasteiger partial charge in [0.2, 0.25) is 5.91 Å². The Labute approximate surface area is 193 Å². The van der Waals surface area contributed by atoms with Gasteiger partial charge in [-0.15, -0.1) is 0 Å². The number of likely N-dealkylation sites (N-methyl/N-ethyl adjacent to an activating group) is 1. The highest BCUT2D eigenvalue weighted by molar-refractivity contribution is 5.90. The van der Waals surface area contributed by atoms with Gasteiger partial charge < -0.3 is 20.1 Å². The van der Waals surface area contributed by atoms with Crippen LogP contribution in [0.25, 0.3) is 10.9 Å². The molecule has 0 aliphatic carbocycles. The number of H-pyrrole nitrogens is 1. The summed E-state index contributed by atoms with van der Waals surface area (Å²) in [5, 5.41) is 13.7. The van der Waals surface area contributed by atoms with Crippen molar-refractivity contribution in [2.24, 2.45) is 0 Å². The number of aliphatic carboxylic acids is 1. The molecule has 174 valence electrons. The van der Waals surface area contributed by atoms with E-state index in [4.69, 9.17) is 4.74 Å². The van der Waals surface area contributed by atoms with Crippen LogP contribution >= 0.6 is 0 Å². The second-order valence-electron chi connectivity index (χ2n) is 8.23. The zero-order valence-electron chi connectivity index (χ0n) is 18.8. The van der Waals surface area contributed by atoms with Gasteiger partial charge in [-0.25, -0.2) is 0 Å². The predicted molar refractivity (Wildman–Crippen MR) is 126 cm³/mol. The van der Waals surface area contributed by atoms with Crippen LogP contribution in [0.3, 0.4) is 0 Å². The van der Waals surface area contributed by atoms with E-state index in [1.807, 2.05) is 60.4 Å². The van der Waals surface area contributed by atoms with E-state index >= 15 is 0 Å². The first-order valence-electron chi connectivity index (χ1n) is 11.3. The summed E-state index contributed by atoms with van der Waals surface area (Å²) in [6.45, 7) is 5.74. The number of nitrogens with zero attached hydrogens (tertiary/aromatic N) is 2. The number of hydrogen-bond donors (Lipinski definition) is 3. The average molecular weight is 451 g/mol. The molecule has 1 aromatic heterocycles. The van der Waals surface area contributed by atoms with Crippen LogP contribution in [0.4, 0.5) is 0 Å².